The van der Waals surface area contributed by atoms with Gasteiger partial charge >= 0.3 is 0 Å². The molecule has 0 aliphatic rings. The summed E-state index contributed by atoms with van der Waals surface area (Å²) in [4.78, 5) is 4.89. The number of benzene rings is 1. The Hall–Kier alpha value is -1.25. The van der Waals surface area contributed by atoms with Gasteiger partial charge in [-0.25, -0.2) is 13.4 Å². The van der Waals surface area contributed by atoms with Crippen LogP contribution in [0.15, 0.2) is 40.6 Å². The maximum Gasteiger partial charge on any atom is 0.246 e. The second-order valence-electron chi connectivity index (χ2n) is 3.24. The van der Waals surface area contributed by atoms with E-state index in [4.69, 9.17) is 11.6 Å². The molecule has 0 aliphatic carbocycles. The van der Waals surface area contributed by atoms with Crippen LogP contribution in [0.25, 0.3) is 0 Å². The summed E-state index contributed by atoms with van der Waals surface area (Å²) in [5.74, 6) is 0. The molecule has 9 heteroatoms. The average molecular weight is 305 g/mol. The van der Waals surface area contributed by atoms with Gasteiger partial charge in [0.15, 0.2) is 5.16 Å². The Morgan fingerprint density at radius 2 is 2.06 bits per heavy atom. The number of hydrogen-bond acceptors (Lipinski definition) is 5. The molecule has 0 radical (unpaired) electrons. The third-order valence-electron chi connectivity index (χ3n) is 1.88. The maximum atomic E-state index is 11.2. The SMILES string of the molecule is O=S(=O)(CCl)Nc1ccc(Sc2ncn[nH]2)cc1. The zero-order valence-electron chi connectivity index (χ0n) is 9.00. The van der Waals surface area contributed by atoms with Crippen molar-refractivity contribution in [3.63, 3.8) is 0 Å². The molecule has 2 aromatic rings. The van der Waals surface area contributed by atoms with Crippen molar-refractivity contribution in [2.24, 2.45) is 0 Å². The molecule has 0 aliphatic heterocycles. The first kappa shape index (κ1) is 13.2. The Bertz CT molecular complexity index is 598. The lowest BCUT2D eigenvalue weighted by atomic mass is 10.3. The van der Waals surface area contributed by atoms with Crippen molar-refractivity contribution in [2.45, 2.75) is 10.1 Å². The first-order chi connectivity index (χ1) is 8.59. The first-order valence-corrected chi connectivity index (χ1v) is 7.79. The number of halogens is 1. The lowest BCUT2D eigenvalue weighted by Crippen LogP contribution is -2.13. The Morgan fingerprint density at radius 3 is 2.61 bits per heavy atom. The maximum absolute atomic E-state index is 11.2. The number of sulfonamides is 1. The van der Waals surface area contributed by atoms with E-state index in [2.05, 4.69) is 19.9 Å². The number of H-pyrrole nitrogens is 1. The van der Waals surface area contributed by atoms with Gasteiger partial charge in [-0.3, -0.25) is 9.82 Å². The Morgan fingerprint density at radius 1 is 1.33 bits per heavy atom. The van der Waals surface area contributed by atoms with Gasteiger partial charge in [0.1, 0.15) is 11.5 Å². The monoisotopic (exact) mass is 304 g/mol. The van der Waals surface area contributed by atoms with Crippen LogP contribution in [-0.2, 0) is 10.0 Å². The largest absolute Gasteiger partial charge is 0.283 e. The van der Waals surface area contributed by atoms with Crippen LogP contribution in [0.1, 0.15) is 0 Å². The molecule has 1 heterocycles. The summed E-state index contributed by atoms with van der Waals surface area (Å²) in [5.41, 5.74) is 0.470. The predicted molar refractivity (Wildman–Crippen MR) is 70.2 cm³/mol. The highest BCUT2D eigenvalue weighted by Gasteiger charge is 2.08. The van der Waals surface area contributed by atoms with Crippen molar-refractivity contribution < 1.29 is 8.42 Å². The second-order valence-corrected chi connectivity index (χ2v) is 6.61. The van der Waals surface area contributed by atoms with Crippen molar-refractivity contribution in [3.8, 4) is 0 Å². The first-order valence-electron chi connectivity index (χ1n) is 4.79. The molecule has 1 aromatic heterocycles. The molecule has 0 atom stereocenters. The van der Waals surface area contributed by atoms with Crippen LogP contribution in [0.3, 0.4) is 0 Å². The van der Waals surface area contributed by atoms with Crippen LogP contribution in [-0.4, -0.2) is 28.8 Å². The lowest BCUT2D eigenvalue weighted by molar-refractivity contribution is 0.605. The minimum Gasteiger partial charge on any atom is -0.283 e. The van der Waals surface area contributed by atoms with Crippen LogP contribution >= 0.6 is 23.4 Å². The van der Waals surface area contributed by atoms with E-state index >= 15 is 0 Å². The van der Waals surface area contributed by atoms with Gasteiger partial charge in [-0.15, -0.1) is 11.6 Å². The molecule has 0 fully saturated rings. The van der Waals surface area contributed by atoms with E-state index < -0.39 is 15.2 Å². The lowest BCUT2D eigenvalue weighted by Gasteiger charge is -2.05. The van der Waals surface area contributed by atoms with Crippen LogP contribution in [0.5, 0.6) is 0 Å². The molecule has 96 valence electrons. The number of hydrogen-bond donors (Lipinski definition) is 2. The zero-order chi connectivity index (χ0) is 13.0. The molecule has 1 aromatic carbocycles. The summed E-state index contributed by atoms with van der Waals surface area (Å²) in [6.45, 7) is 0. The van der Waals surface area contributed by atoms with Crippen LogP contribution in [0.2, 0.25) is 0 Å². The van der Waals surface area contributed by atoms with E-state index in [-0.39, 0.29) is 0 Å². The summed E-state index contributed by atoms with van der Waals surface area (Å²) >= 11 is 6.69. The second kappa shape index (κ2) is 5.59. The Balaban J connectivity index is 2.06. The van der Waals surface area contributed by atoms with Gasteiger partial charge in [0.25, 0.3) is 0 Å². The van der Waals surface area contributed by atoms with Crippen molar-refractivity contribution in [2.75, 3.05) is 9.93 Å². The van der Waals surface area contributed by atoms with E-state index in [9.17, 15) is 8.42 Å². The molecule has 0 bridgehead atoms. The van der Waals surface area contributed by atoms with Crippen molar-refractivity contribution >= 4 is 39.1 Å². The molecule has 2 rings (SSSR count). The van der Waals surface area contributed by atoms with Gasteiger partial charge in [-0.2, -0.15) is 5.10 Å². The van der Waals surface area contributed by atoms with E-state index in [0.29, 0.717) is 10.8 Å². The highest BCUT2D eigenvalue weighted by atomic mass is 35.5. The predicted octanol–water partition coefficient (Wildman–Crippen LogP) is 1.89. The third kappa shape index (κ3) is 3.62. The summed E-state index contributed by atoms with van der Waals surface area (Å²) in [6, 6.07) is 6.87. The van der Waals surface area contributed by atoms with Crippen LogP contribution in [0.4, 0.5) is 5.69 Å². The fourth-order valence-electron chi connectivity index (χ4n) is 1.15. The number of nitrogens with one attached hydrogen (secondary N) is 2. The third-order valence-corrected chi connectivity index (χ3v) is 4.47. The molecule has 6 nitrogen and oxygen atoms in total. The molecule has 18 heavy (non-hydrogen) atoms. The minimum atomic E-state index is -3.46. The molecule has 2 N–H and O–H groups in total. The van der Waals surface area contributed by atoms with Gasteiger partial charge in [0.2, 0.25) is 10.0 Å². The van der Waals surface area contributed by atoms with Gasteiger partial charge in [0, 0.05) is 10.6 Å². The molecule has 0 saturated carbocycles. The number of anilines is 1. The van der Waals surface area contributed by atoms with Crippen LogP contribution < -0.4 is 4.72 Å². The molecule has 0 unspecified atom stereocenters. The van der Waals surface area contributed by atoms with Crippen molar-refractivity contribution in [1.82, 2.24) is 15.2 Å². The van der Waals surface area contributed by atoms with Gasteiger partial charge in [-0.05, 0) is 24.3 Å². The number of alkyl halides is 1. The van der Waals surface area contributed by atoms with Gasteiger partial charge in [-0.1, -0.05) is 11.8 Å². The standard InChI is InChI=1S/C9H9ClN4O2S2/c10-5-18(15,16)14-7-1-3-8(4-2-7)17-9-11-6-12-13-9/h1-4,6,14H,5H2,(H,11,12,13). The normalized spacial score (nSPS) is 11.4. The van der Waals surface area contributed by atoms with E-state index in [1.807, 2.05) is 0 Å². The number of rotatable bonds is 5. The molecule has 0 spiro atoms. The van der Waals surface area contributed by atoms with E-state index in [1.165, 1.54) is 18.1 Å². The van der Waals surface area contributed by atoms with Crippen molar-refractivity contribution in [3.05, 3.63) is 30.6 Å². The zero-order valence-corrected chi connectivity index (χ0v) is 11.4. The molecule has 0 amide bonds. The van der Waals surface area contributed by atoms with Gasteiger partial charge < -0.3 is 0 Å². The topological polar surface area (TPSA) is 87.7 Å². The summed E-state index contributed by atoms with van der Waals surface area (Å²) < 4.78 is 24.8. The number of nitrogens with zero attached hydrogens (tertiary/aromatic N) is 2. The fraction of sp³-hybridized carbons (Fsp3) is 0.111. The minimum absolute atomic E-state index is 0.470. The fourth-order valence-corrected chi connectivity index (χ4v) is 2.56. The number of aromatic amines is 1. The molecule has 0 saturated heterocycles. The van der Waals surface area contributed by atoms with E-state index in [1.54, 1.807) is 24.3 Å². The Labute approximate surface area is 113 Å². The quantitative estimate of drug-likeness (QED) is 0.824. The van der Waals surface area contributed by atoms with Crippen LogP contribution in [0, 0.1) is 0 Å². The van der Waals surface area contributed by atoms with E-state index in [0.717, 1.165) is 4.90 Å². The highest BCUT2D eigenvalue weighted by Crippen LogP contribution is 2.25. The summed E-state index contributed by atoms with van der Waals surface area (Å²) in [7, 11) is -3.46. The average Bonchev–Trinajstić information content (AvgIpc) is 2.84. The Kier molecular flexibility index (Phi) is 4.10. The van der Waals surface area contributed by atoms with Crippen molar-refractivity contribution in [1.29, 1.82) is 0 Å². The highest BCUT2D eigenvalue weighted by molar-refractivity contribution is 7.99. The summed E-state index contributed by atoms with van der Waals surface area (Å²) in [5, 5.41) is 6.65. The smallest absolute Gasteiger partial charge is 0.246 e. The molecular formula is C9H9ClN4O2S2. The molecular weight excluding hydrogens is 296 g/mol. The summed E-state index contributed by atoms with van der Waals surface area (Å²) in [6.07, 6.45) is 1.42. The van der Waals surface area contributed by atoms with Gasteiger partial charge in [0.05, 0.1) is 0 Å². The number of aromatic nitrogens is 3.